The van der Waals surface area contributed by atoms with Crippen molar-refractivity contribution in [2.75, 3.05) is 11.5 Å². The number of ketones is 2. The van der Waals surface area contributed by atoms with Gasteiger partial charge in [0, 0.05) is 30.3 Å². The Balaban J connectivity index is 1.90. The summed E-state index contributed by atoms with van der Waals surface area (Å²) in [4.78, 5) is 51.8. The topological polar surface area (TPSA) is 80.3 Å². The van der Waals surface area contributed by atoms with Crippen LogP contribution in [0.25, 0.3) is 0 Å². The lowest BCUT2D eigenvalue weighted by Crippen LogP contribution is -2.52. The molecule has 2 heterocycles. The van der Waals surface area contributed by atoms with Crippen LogP contribution in [0.1, 0.15) is 18.4 Å². The number of hydrogen-bond donors (Lipinski definition) is 1. The summed E-state index contributed by atoms with van der Waals surface area (Å²) < 4.78 is 0. The largest absolute Gasteiger partial charge is 0.296 e. The standard InChI is InChI=1S/C18H15NO4S2/c20-12-8-11(9-13(21)19-12)18(10-4-2-1-3-5-10)16(22)14-15(17(18)23)25-7-6-24-14/h1-5,11H,6-9H2,(H,19,20,21). The molecule has 7 heteroatoms. The average Bonchev–Trinajstić information content (AvgIpc) is 2.84. The molecule has 4 rings (SSSR count). The van der Waals surface area contributed by atoms with Crippen molar-refractivity contribution >= 4 is 46.9 Å². The molecule has 128 valence electrons. The first kappa shape index (κ1) is 16.6. The van der Waals surface area contributed by atoms with Crippen LogP contribution in [0.2, 0.25) is 0 Å². The number of amides is 2. The highest BCUT2D eigenvalue weighted by atomic mass is 32.2. The van der Waals surface area contributed by atoms with Gasteiger partial charge in [-0.25, -0.2) is 0 Å². The number of hydrogen-bond acceptors (Lipinski definition) is 6. The van der Waals surface area contributed by atoms with E-state index >= 15 is 0 Å². The third-order valence-electron chi connectivity index (χ3n) is 4.90. The molecule has 0 bridgehead atoms. The maximum atomic E-state index is 13.4. The summed E-state index contributed by atoms with van der Waals surface area (Å²) in [6.45, 7) is 0. The van der Waals surface area contributed by atoms with Crippen LogP contribution in [0.4, 0.5) is 0 Å². The molecule has 0 unspecified atom stereocenters. The molecule has 25 heavy (non-hydrogen) atoms. The number of nitrogens with one attached hydrogen (secondary N) is 1. The number of Topliss-reactive ketones (excluding diaryl/α,β-unsaturated/α-hetero) is 2. The van der Waals surface area contributed by atoms with Gasteiger partial charge in [0.25, 0.3) is 0 Å². The number of thioether (sulfide) groups is 2. The van der Waals surface area contributed by atoms with Gasteiger partial charge in [0.1, 0.15) is 5.41 Å². The van der Waals surface area contributed by atoms with Gasteiger partial charge in [-0.05, 0) is 5.56 Å². The first-order valence-corrected chi connectivity index (χ1v) is 10.00. The zero-order chi connectivity index (χ0) is 17.6. The number of rotatable bonds is 2. The molecule has 3 aliphatic rings. The Morgan fingerprint density at radius 2 is 1.36 bits per heavy atom. The van der Waals surface area contributed by atoms with E-state index in [1.165, 1.54) is 23.5 Å². The van der Waals surface area contributed by atoms with Gasteiger partial charge in [-0.15, -0.1) is 23.5 Å². The molecule has 0 spiro atoms. The fourth-order valence-electron chi connectivity index (χ4n) is 3.87. The average molecular weight is 373 g/mol. The summed E-state index contributed by atoms with van der Waals surface area (Å²) in [5.41, 5.74) is -0.878. The Morgan fingerprint density at radius 3 is 1.88 bits per heavy atom. The monoisotopic (exact) mass is 373 g/mol. The van der Waals surface area contributed by atoms with E-state index < -0.39 is 23.1 Å². The van der Waals surface area contributed by atoms with Crippen molar-refractivity contribution in [3.63, 3.8) is 0 Å². The first-order chi connectivity index (χ1) is 12.0. The second-order valence-corrected chi connectivity index (χ2v) is 8.47. The van der Waals surface area contributed by atoms with Crippen molar-refractivity contribution in [3.8, 4) is 0 Å². The van der Waals surface area contributed by atoms with Crippen molar-refractivity contribution in [2.24, 2.45) is 5.92 Å². The predicted octanol–water partition coefficient (Wildman–Crippen LogP) is 1.82. The fourth-order valence-corrected chi connectivity index (χ4v) is 6.33. The molecule has 1 saturated heterocycles. The van der Waals surface area contributed by atoms with E-state index in [2.05, 4.69) is 5.32 Å². The van der Waals surface area contributed by atoms with Crippen molar-refractivity contribution in [1.82, 2.24) is 5.32 Å². The summed E-state index contributed by atoms with van der Waals surface area (Å²) in [6, 6.07) is 8.87. The van der Waals surface area contributed by atoms with Gasteiger partial charge in [-0.2, -0.15) is 0 Å². The summed E-state index contributed by atoms with van der Waals surface area (Å²) in [7, 11) is 0. The van der Waals surface area contributed by atoms with Gasteiger partial charge in [-0.3, -0.25) is 24.5 Å². The van der Waals surface area contributed by atoms with Gasteiger partial charge in [-0.1, -0.05) is 30.3 Å². The SMILES string of the molecule is O=C1CC(C2(c3ccccc3)C(=O)C3=C(SCCS3)C2=O)CC(=O)N1. The highest BCUT2D eigenvalue weighted by Gasteiger charge is 2.61. The summed E-state index contributed by atoms with van der Waals surface area (Å²) in [5, 5.41) is 2.27. The number of allylic oxidation sites excluding steroid dienone is 2. The number of carbonyl (C=O) groups excluding carboxylic acids is 4. The molecule has 0 aromatic heterocycles. The number of benzene rings is 1. The quantitative estimate of drug-likeness (QED) is 0.629. The van der Waals surface area contributed by atoms with Crippen molar-refractivity contribution in [3.05, 3.63) is 45.7 Å². The highest BCUT2D eigenvalue weighted by Crippen LogP contribution is 2.53. The number of imide groups is 1. The van der Waals surface area contributed by atoms with E-state index in [4.69, 9.17) is 0 Å². The summed E-state index contributed by atoms with van der Waals surface area (Å²) in [5.74, 6) is -0.450. The molecule has 1 fully saturated rings. The van der Waals surface area contributed by atoms with Crippen LogP contribution in [0.3, 0.4) is 0 Å². The van der Waals surface area contributed by atoms with Crippen LogP contribution in [0.15, 0.2) is 40.1 Å². The molecule has 1 aliphatic carbocycles. The maximum Gasteiger partial charge on any atom is 0.226 e. The van der Waals surface area contributed by atoms with Crippen molar-refractivity contribution < 1.29 is 19.2 Å². The number of carbonyl (C=O) groups is 4. The lowest BCUT2D eigenvalue weighted by Gasteiger charge is -2.36. The first-order valence-electron chi connectivity index (χ1n) is 8.03. The zero-order valence-corrected chi connectivity index (χ0v) is 14.9. The molecular formula is C18H15NO4S2. The summed E-state index contributed by atoms with van der Waals surface area (Å²) in [6.07, 6.45) is -0.0119. The Hall–Kier alpha value is -1.86. The second-order valence-electron chi connectivity index (χ2n) is 6.26. The molecule has 0 radical (unpaired) electrons. The number of piperidine rings is 1. The molecule has 1 N–H and O–H groups in total. The predicted molar refractivity (Wildman–Crippen MR) is 95.9 cm³/mol. The van der Waals surface area contributed by atoms with Crippen molar-refractivity contribution in [1.29, 1.82) is 0 Å². The Bertz CT molecular complexity index is 787. The maximum absolute atomic E-state index is 13.4. The third-order valence-corrected chi connectivity index (χ3v) is 7.46. The molecule has 1 aromatic carbocycles. The second kappa shape index (κ2) is 6.14. The Labute approximate surface area is 153 Å². The van der Waals surface area contributed by atoms with E-state index in [0.717, 1.165) is 11.5 Å². The minimum absolute atomic E-state index is 0.00594. The van der Waals surface area contributed by atoms with E-state index in [1.54, 1.807) is 24.3 Å². The Morgan fingerprint density at radius 1 is 0.840 bits per heavy atom. The fraction of sp³-hybridized carbons (Fsp3) is 0.333. The van der Waals surface area contributed by atoms with Crippen LogP contribution >= 0.6 is 23.5 Å². The van der Waals surface area contributed by atoms with E-state index in [9.17, 15) is 19.2 Å². The van der Waals surface area contributed by atoms with E-state index in [1.807, 2.05) is 6.07 Å². The third kappa shape index (κ3) is 2.40. The van der Waals surface area contributed by atoms with Crippen LogP contribution in [-0.4, -0.2) is 34.9 Å². The van der Waals surface area contributed by atoms with Gasteiger partial charge in [0.15, 0.2) is 11.6 Å². The lowest BCUT2D eigenvalue weighted by atomic mass is 9.64. The molecule has 2 amide bonds. The molecular weight excluding hydrogens is 358 g/mol. The van der Waals surface area contributed by atoms with Gasteiger partial charge < -0.3 is 0 Å². The molecule has 2 aliphatic heterocycles. The molecule has 1 aromatic rings. The van der Waals surface area contributed by atoms with E-state index in [-0.39, 0.29) is 24.4 Å². The minimum atomic E-state index is -1.45. The molecule has 5 nitrogen and oxygen atoms in total. The van der Waals surface area contributed by atoms with Gasteiger partial charge in [0.05, 0.1) is 9.81 Å². The summed E-state index contributed by atoms with van der Waals surface area (Å²) >= 11 is 2.82. The lowest BCUT2D eigenvalue weighted by molar-refractivity contribution is -0.139. The van der Waals surface area contributed by atoms with Crippen LogP contribution in [0.5, 0.6) is 0 Å². The minimum Gasteiger partial charge on any atom is -0.296 e. The Kier molecular flexibility index (Phi) is 4.08. The van der Waals surface area contributed by atoms with E-state index in [0.29, 0.717) is 15.4 Å². The van der Waals surface area contributed by atoms with Crippen LogP contribution < -0.4 is 5.32 Å². The zero-order valence-electron chi connectivity index (χ0n) is 13.2. The molecule has 0 saturated carbocycles. The normalized spacial score (nSPS) is 23.7. The van der Waals surface area contributed by atoms with Crippen LogP contribution in [-0.2, 0) is 24.6 Å². The van der Waals surface area contributed by atoms with Gasteiger partial charge in [0.2, 0.25) is 11.8 Å². The smallest absolute Gasteiger partial charge is 0.226 e. The highest BCUT2D eigenvalue weighted by molar-refractivity contribution is 8.11. The van der Waals surface area contributed by atoms with Crippen LogP contribution in [0, 0.1) is 5.92 Å². The van der Waals surface area contributed by atoms with Gasteiger partial charge >= 0.3 is 0 Å². The van der Waals surface area contributed by atoms with Crippen molar-refractivity contribution in [2.45, 2.75) is 18.3 Å². The molecule has 0 atom stereocenters.